The van der Waals surface area contributed by atoms with Crippen LogP contribution in [0.5, 0.6) is 0 Å². The quantitative estimate of drug-likeness (QED) is 0.823. The van der Waals surface area contributed by atoms with Gasteiger partial charge in [0.05, 0.1) is 0 Å². The molecule has 0 fully saturated rings. The smallest absolute Gasteiger partial charge is 0.0340 e. The standard InChI is InChI=1S/C9H16BrN3S/c10-8-1-6-14-9(8)7-13(4-2-11)5-3-12/h1,6H,2-5,7,11-12H2. The van der Waals surface area contributed by atoms with E-state index in [0.29, 0.717) is 13.1 Å². The summed E-state index contributed by atoms with van der Waals surface area (Å²) in [4.78, 5) is 3.61. The van der Waals surface area contributed by atoms with Crippen LogP contribution in [0.25, 0.3) is 0 Å². The molecule has 5 heteroatoms. The van der Waals surface area contributed by atoms with E-state index in [0.717, 1.165) is 19.6 Å². The van der Waals surface area contributed by atoms with Gasteiger partial charge in [-0.1, -0.05) is 0 Å². The van der Waals surface area contributed by atoms with Gasteiger partial charge in [-0.3, -0.25) is 4.90 Å². The number of thiophene rings is 1. The summed E-state index contributed by atoms with van der Waals surface area (Å²) in [5.41, 5.74) is 11.1. The van der Waals surface area contributed by atoms with Crippen molar-refractivity contribution >= 4 is 27.3 Å². The summed E-state index contributed by atoms with van der Waals surface area (Å²) in [6.45, 7) is 4.11. The van der Waals surface area contributed by atoms with Gasteiger partial charge in [-0.25, -0.2) is 0 Å². The molecule has 80 valence electrons. The third-order valence-electron chi connectivity index (χ3n) is 1.95. The highest BCUT2D eigenvalue weighted by Crippen LogP contribution is 2.23. The van der Waals surface area contributed by atoms with Crippen LogP contribution >= 0.6 is 27.3 Å². The van der Waals surface area contributed by atoms with Crippen molar-refractivity contribution in [3.63, 3.8) is 0 Å². The lowest BCUT2D eigenvalue weighted by atomic mass is 10.4. The summed E-state index contributed by atoms with van der Waals surface area (Å²) in [6.07, 6.45) is 0. The van der Waals surface area contributed by atoms with Gasteiger partial charge in [-0.05, 0) is 27.4 Å². The maximum Gasteiger partial charge on any atom is 0.0340 e. The van der Waals surface area contributed by atoms with Crippen molar-refractivity contribution in [2.45, 2.75) is 6.54 Å². The van der Waals surface area contributed by atoms with Gasteiger partial charge in [0.1, 0.15) is 0 Å². The molecule has 0 aliphatic heterocycles. The predicted molar refractivity (Wildman–Crippen MR) is 65.4 cm³/mol. The molecular formula is C9H16BrN3S. The molecular weight excluding hydrogens is 262 g/mol. The van der Waals surface area contributed by atoms with Gasteiger partial charge in [0.15, 0.2) is 0 Å². The molecule has 0 saturated carbocycles. The zero-order valence-electron chi connectivity index (χ0n) is 8.08. The summed E-state index contributed by atoms with van der Waals surface area (Å²) in [7, 11) is 0. The van der Waals surface area contributed by atoms with Crippen LogP contribution in [0.2, 0.25) is 0 Å². The summed E-state index contributed by atoms with van der Waals surface area (Å²) in [5.74, 6) is 0. The Hall–Kier alpha value is 0.0600. The summed E-state index contributed by atoms with van der Waals surface area (Å²) >= 11 is 5.28. The average molecular weight is 278 g/mol. The monoisotopic (exact) mass is 277 g/mol. The van der Waals surface area contributed by atoms with Crippen molar-refractivity contribution in [2.75, 3.05) is 26.2 Å². The Bertz CT molecular complexity index is 258. The fraction of sp³-hybridized carbons (Fsp3) is 0.556. The molecule has 0 spiro atoms. The fourth-order valence-electron chi connectivity index (χ4n) is 1.28. The molecule has 0 radical (unpaired) electrons. The van der Waals surface area contributed by atoms with E-state index >= 15 is 0 Å². The van der Waals surface area contributed by atoms with Crippen LogP contribution in [0, 0.1) is 0 Å². The molecule has 0 aliphatic carbocycles. The molecule has 4 N–H and O–H groups in total. The number of nitrogens with zero attached hydrogens (tertiary/aromatic N) is 1. The first kappa shape index (κ1) is 12.1. The Kier molecular flexibility index (Phi) is 5.66. The van der Waals surface area contributed by atoms with Crippen LogP contribution in [0.1, 0.15) is 4.88 Å². The van der Waals surface area contributed by atoms with E-state index in [1.54, 1.807) is 11.3 Å². The van der Waals surface area contributed by atoms with E-state index in [2.05, 4.69) is 32.3 Å². The Morgan fingerprint density at radius 1 is 1.29 bits per heavy atom. The first-order chi connectivity index (χ1) is 6.77. The van der Waals surface area contributed by atoms with Crippen LogP contribution in [0.15, 0.2) is 15.9 Å². The maximum absolute atomic E-state index is 5.54. The Morgan fingerprint density at radius 3 is 2.36 bits per heavy atom. The maximum atomic E-state index is 5.54. The van der Waals surface area contributed by atoms with Crippen LogP contribution < -0.4 is 11.5 Å². The Morgan fingerprint density at radius 2 is 1.93 bits per heavy atom. The largest absolute Gasteiger partial charge is 0.329 e. The topological polar surface area (TPSA) is 55.3 Å². The third kappa shape index (κ3) is 3.67. The molecule has 0 aliphatic rings. The number of halogens is 1. The van der Waals surface area contributed by atoms with Crippen LogP contribution in [0.3, 0.4) is 0 Å². The summed E-state index contributed by atoms with van der Waals surface area (Å²) in [5, 5.41) is 2.09. The normalized spacial score (nSPS) is 11.1. The molecule has 3 nitrogen and oxygen atoms in total. The molecule has 0 aromatic carbocycles. The van der Waals surface area contributed by atoms with Crippen LogP contribution in [-0.4, -0.2) is 31.1 Å². The second kappa shape index (κ2) is 6.53. The van der Waals surface area contributed by atoms with Gasteiger partial charge in [-0.15, -0.1) is 11.3 Å². The number of nitrogens with two attached hydrogens (primary N) is 2. The van der Waals surface area contributed by atoms with Gasteiger partial charge < -0.3 is 11.5 Å². The van der Waals surface area contributed by atoms with Gasteiger partial charge in [-0.2, -0.15) is 0 Å². The first-order valence-corrected chi connectivity index (χ1v) is 6.29. The molecule has 0 atom stereocenters. The van der Waals surface area contributed by atoms with Crippen molar-refractivity contribution in [1.29, 1.82) is 0 Å². The lowest BCUT2D eigenvalue weighted by Crippen LogP contribution is -2.33. The van der Waals surface area contributed by atoms with E-state index < -0.39 is 0 Å². The molecule has 0 saturated heterocycles. The molecule has 1 heterocycles. The zero-order valence-corrected chi connectivity index (χ0v) is 10.5. The molecule has 0 unspecified atom stereocenters. The SMILES string of the molecule is NCCN(CCN)Cc1sccc1Br. The van der Waals surface area contributed by atoms with E-state index in [-0.39, 0.29) is 0 Å². The molecule has 0 bridgehead atoms. The highest BCUT2D eigenvalue weighted by atomic mass is 79.9. The van der Waals surface area contributed by atoms with E-state index in [1.807, 2.05) is 0 Å². The second-order valence-corrected chi connectivity index (χ2v) is 4.90. The molecule has 1 aromatic rings. The highest BCUT2D eigenvalue weighted by Gasteiger charge is 2.07. The molecule has 0 amide bonds. The van der Waals surface area contributed by atoms with Crippen molar-refractivity contribution in [1.82, 2.24) is 4.90 Å². The van der Waals surface area contributed by atoms with Crippen LogP contribution in [-0.2, 0) is 6.54 Å². The molecule has 1 rings (SSSR count). The van der Waals surface area contributed by atoms with Crippen molar-refractivity contribution in [2.24, 2.45) is 11.5 Å². The van der Waals surface area contributed by atoms with Gasteiger partial charge in [0.2, 0.25) is 0 Å². The third-order valence-corrected chi connectivity index (χ3v) is 3.86. The van der Waals surface area contributed by atoms with E-state index in [4.69, 9.17) is 11.5 Å². The van der Waals surface area contributed by atoms with E-state index in [1.165, 1.54) is 9.35 Å². The minimum atomic E-state index is 0.684. The summed E-state index contributed by atoms with van der Waals surface area (Å²) < 4.78 is 1.18. The predicted octanol–water partition coefficient (Wildman–Crippen LogP) is 1.23. The number of rotatable bonds is 6. The number of hydrogen-bond acceptors (Lipinski definition) is 4. The van der Waals surface area contributed by atoms with Crippen LogP contribution in [0.4, 0.5) is 0 Å². The summed E-state index contributed by atoms with van der Waals surface area (Å²) in [6, 6.07) is 2.07. The Balaban J connectivity index is 2.50. The van der Waals surface area contributed by atoms with Crippen molar-refractivity contribution in [3.05, 3.63) is 20.8 Å². The fourth-order valence-corrected chi connectivity index (χ4v) is 2.80. The van der Waals surface area contributed by atoms with Gasteiger partial charge in [0, 0.05) is 42.1 Å². The lowest BCUT2D eigenvalue weighted by molar-refractivity contribution is 0.283. The van der Waals surface area contributed by atoms with Crippen molar-refractivity contribution < 1.29 is 0 Å². The molecule has 1 aromatic heterocycles. The first-order valence-electron chi connectivity index (χ1n) is 4.62. The minimum Gasteiger partial charge on any atom is -0.329 e. The van der Waals surface area contributed by atoms with Gasteiger partial charge in [0.25, 0.3) is 0 Å². The lowest BCUT2D eigenvalue weighted by Gasteiger charge is -2.19. The van der Waals surface area contributed by atoms with E-state index in [9.17, 15) is 0 Å². The molecule has 14 heavy (non-hydrogen) atoms. The highest BCUT2D eigenvalue weighted by molar-refractivity contribution is 9.10. The zero-order chi connectivity index (χ0) is 10.4. The average Bonchev–Trinajstić information content (AvgIpc) is 2.53. The Labute approximate surface area is 97.2 Å². The van der Waals surface area contributed by atoms with Gasteiger partial charge >= 0.3 is 0 Å². The minimum absolute atomic E-state index is 0.684. The van der Waals surface area contributed by atoms with Crippen molar-refractivity contribution in [3.8, 4) is 0 Å². The second-order valence-electron chi connectivity index (χ2n) is 3.05. The number of hydrogen-bond donors (Lipinski definition) is 2.